The molecule has 11 aromatic rings. The van der Waals surface area contributed by atoms with Gasteiger partial charge in [0.05, 0.1) is 48.5 Å². The average molecular weight is 991 g/mol. The minimum Gasteiger partial charge on any atom is -0.308 e. The topological polar surface area (TPSA) is 72.7 Å². The van der Waals surface area contributed by atoms with E-state index in [4.69, 9.17) is 0 Å². The molecule has 0 atom stereocenters. The number of hydrogen-bond acceptors (Lipinski definition) is 3. The minimum atomic E-state index is -4.01. The summed E-state index contributed by atoms with van der Waals surface area (Å²) >= 11 is 0. The zero-order valence-electron chi connectivity index (χ0n) is 43.2. The first-order chi connectivity index (χ1) is 36.4. The lowest BCUT2D eigenvalue weighted by Gasteiger charge is -2.14. The number of benzene rings is 8. The van der Waals surface area contributed by atoms with Gasteiger partial charge in [0.2, 0.25) is 9.84 Å². The predicted molar refractivity (Wildman–Crippen MR) is 310 cm³/mol. The lowest BCUT2D eigenvalue weighted by atomic mass is 9.98. The third kappa shape index (κ3) is 8.77. The number of nitriles is 1. The molecule has 7 heteroatoms. The van der Waals surface area contributed by atoms with Crippen LogP contribution in [0.25, 0.3) is 82.5 Å². The summed E-state index contributed by atoms with van der Waals surface area (Å²) in [5, 5.41) is 17.2. The number of sulfone groups is 1. The van der Waals surface area contributed by atoms with E-state index >= 15 is 0 Å². The van der Waals surface area contributed by atoms with Gasteiger partial charge < -0.3 is 13.7 Å². The molecule has 0 bridgehead atoms. The van der Waals surface area contributed by atoms with E-state index in [1.165, 1.54) is 118 Å². The maximum absolute atomic E-state index is 14.4. The van der Waals surface area contributed by atoms with Gasteiger partial charge in [0, 0.05) is 49.4 Å². The Hall–Kier alpha value is -7.40. The zero-order chi connectivity index (χ0) is 50.8. The third-order valence-electron chi connectivity index (χ3n) is 15.5. The molecule has 372 valence electrons. The van der Waals surface area contributed by atoms with Gasteiger partial charge in [-0.1, -0.05) is 145 Å². The molecule has 0 spiro atoms. The summed E-state index contributed by atoms with van der Waals surface area (Å²) in [7, 11) is -4.01. The van der Waals surface area contributed by atoms with Crippen LogP contribution in [-0.2, 0) is 29.1 Å². The van der Waals surface area contributed by atoms with Crippen LogP contribution in [0.15, 0.2) is 174 Å². The van der Waals surface area contributed by atoms with Crippen LogP contribution in [0.4, 0.5) is 0 Å². The Balaban J connectivity index is 1.33. The molecular formula is C67H66N4O2S. The van der Waals surface area contributed by atoms with Crippen molar-refractivity contribution >= 4 is 75.3 Å². The second-order valence-corrected chi connectivity index (χ2v) is 22.4. The largest absolute Gasteiger partial charge is 0.308 e. The highest BCUT2D eigenvalue weighted by molar-refractivity contribution is 7.91. The summed E-state index contributed by atoms with van der Waals surface area (Å²) in [5.41, 5.74) is 14.0. The van der Waals surface area contributed by atoms with E-state index in [2.05, 4.69) is 156 Å². The van der Waals surface area contributed by atoms with Crippen molar-refractivity contribution < 1.29 is 8.42 Å². The third-order valence-corrected chi connectivity index (χ3v) is 17.3. The van der Waals surface area contributed by atoms with Gasteiger partial charge >= 0.3 is 0 Å². The fraction of sp³-hybridized carbons (Fsp3) is 0.269. The Labute approximate surface area is 436 Å². The van der Waals surface area contributed by atoms with Crippen LogP contribution >= 0.6 is 0 Å². The number of nitrogens with zero attached hydrogens (tertiary/aromatic N) is 4. The Bertz CT molecular complexity index is 3910. The van der Waals surface area contributed by atoms with Crippen LogP contribution < -0.4 is 0 Å². The quantitative estimate of drug-likeness (QED) is 0.0714. The van der Waals surface area contributed by atoms with E-state index in [1.54, 1.807) is 30.3 Å². The lowest BCUT2D eigenvalue weighted by Crippen LogP contribution is -2.05. The molecule has 74 heavy (non-hydrogen) atoms. The van der Waals surface area contributed by atoms with Crippen molar-refractivity contribution in [2.24, 2.45) is 0 Å². The van der Waals surface area contributed by atoms with Gasteiger partial charge in [0.15, 0.2) is 0 Å². The summed E-state index contributed by atoms with van der Waals surface area (Å²) < 4.78 is 36.2. The predicted octanol–water partition coefficient (Wildman–Crippen LogP) is 18.1. The van der Waals surface area contributed by atoms with Gasteiger partial charge in [0.25, 0.3) is 0 Å². The molecule has 11 rings (SSSR count). The number of hydrogen-bond donors (Lipinski definition) is 0. The molecule has 0 fully saturated rings. The van der Waals surface area contributed by atoms with E-state index in [9.17, 15) is 13.7 Å². The highest BCUT2D eigenvalue weighted by Gasteiger charge is 2.30. The first-order valence-electron chi connectivity index (χ1n) is 27.3. The van der Waals surface area contributed by atoms with Crippen LogP contribution in [0.1, 0.15) is 120 Å². The standard InChI is InChI=1S/C67H66N4O2S/c1-4-7-10-15-24-47-33-40-58-55(43-47)62-65-63(56-44-48(25-16-11-8-5-2)34-41-59(56)70(65)52-30-20-14-21-31-52)67-64(66(62)69(58)51-28-18-13-19-29-51)57-45-49(26-17-12-9-6-3)35-42-60(57)71(67)53-36-38-54(39-37-53)74(72,73)61-32-23-22-27-50(61)46-68/h13-14,18-23,27-45H,4-12,15-17,24-26H2,1-3H3. The van der Waals surface area contributed by atoms with Crippen LogP contribution in [0, 0.1) is 11.3 Å². The minimum absolute atomic E-state index is 0.0137. The van der Waals surface area contributed by atoms with Crippen LogP contribution in [-0.4, -0.2) is 22.1 Å². The molecule has 0 aliphatic carbocycles. The van der Waals surface area contributed by atoms with E-state index in [0.29, 0.717) is 0 Å². The molecule has 0 amide bonds. The Morgan fingerprint density at radius 1 is 0.405 bits per heavy atom. The highest BCUT2D eigenvalue weighted by Crippen LogP contribution is 2.51. The molecule has 0 saturated carbocycles. The van der Waals surface area contributed by atoms with Gasteiger partial charge in [-0.15, -0.1) is 0 Å². The number of rotatable bonds is 20. The Morgan fingerprint density at radius 3 is 1.15 bits per heavy atom. The van der Waals surface area contributed by atoms with Crippen molar-refractivity contribution in [1.82, 2.24) is 13.7 Å². The molecule has 6 nitrogen and oxygen atoms in total. The number of aryl methyl sites for hydroxylation is 3. The highest BCUT2D eigenvalue weighted by atomic mass is 32.2. The van der Waals surface area contributed by atoms with Gasteiger partial charge in [-0.05, 0) is 152 Å². The van der Waals surface area contributed by atoms with Crippen LogP contribution in [0.5, 0.6) is 0 Å². The maximum atomic E-state index is 14.4. The molecule has 0 radical (unpaired) electrons. The lowest BCUT2D eigenvalue weighted by molar-refractivity contribution is 0.596. The maximum Gasteiger partial charge on any atom is 0.207 e. The summed E-state index contributed by atoms with van der Waals surface area (Å²) in [5.74, 6) is 0. The zero-order valence-corrected chi connectivity index (χ0v) is 44.0. The Kier molecular flexibility index (Phi) is 14.0. The van der Waals surface area contributed by atoms with Crippen molar-refractivity contribution in [3.8, 4) is 23.1 Å². The fourth-order valence-corrected chi connectivity index (χ4v) is 13.2. The first-order valence-corrected chi connectivity index (χ1v) is 28.8. The summed E-state index contributed by atoms with van der Waals surface area (Å²) in [4.78, 5) is 0.162. The second kappa shape index (κ2) is 21.2. The molecule has 0 aliphatic heterocycles. The second-order valence-electron chi connectivity index (χ2n) is 20.4. The number of unbranched alkanes of at least 4 members (excludes halogenated alkanes) is 9. The van der Waals surface area contributed by atoms with Crippen LogP contribution in [0.3, 0.4) is 0 Å². The smallest absolute Gasteiger partial charge is 0.207 e. The molecular weight excluding hydrogens is 925 g/mol. The van der Waals surface area contributed by atoms with Gasteiger partial charge in [0.1, 0.15) is 6.07 Å². The van der Waals surface area contributed by atoms with E-state index < -0.39 is 9.84 Å². The molecule has 0 saturated heterocycles. The average Bonchev–Trinajstić information content (AvgIpc) is 4.13. The van der Waals surface area contributed by atoms with Gasteiger partial charge in [-0.2, -0.15) is 5.26 Å². The first kappa shape index (κ1) is 48.8. The van der Waals surface area contributed by atoms with Crippen molar-refractivity contribution in [3.05, 3.63) is 186 Å². The molecule has 0 N–H and O–H groups in total. The normalized spacial score (nSPS) is 12.1. The van der Waals surface area contributed by atoms with E-state index in [1.807, 2.05) is 12.1 Å². The summed E-state index contributed by atoms with van der Waals surface area (Å²) in [6, 6.07) is 59.2. The molecule has 0 aliphatic rings. The number of fused-ring (bicyclic) bond motifs is 12. The van der Waals surface area contributed by atoms with Gasteiger partial charge in [-0.25, -0.2) is 8.42 Å². The van der Waals surface area contributed by atoms with E-state index in [0.717, 1.165) is 83.2 Å². The summed E-state index contributed by atoms with van der Waals surface area (Å²) in [6.07, 6.45) is 17.3. The van der Waals surface area contributed by atoms with Crippen molar-refractivity contribution in [1.29, 1.82) is 5.26 Å². The van der Waals surface area contributed by atoms with Crippen molar-refractivity contribution in [2.75, 3.05) is 0 Å². The van der Waals surface area contributed by atoms with Crippen molar-refractivity contribution in [2.45, 2.75) is 127 Å². The van der Waals surface area contributed by atoms with Crippen molar-refractivity contribution in [3.63, 3.8) is 0 Å². The number of aromatic nitrogens is 3. The molecule has 0 unspecified atom stereocenters. The molecule has 3 aromatic heterocycles. The monoisotopic (exact) mass is 990 g/mol. The molecule has 3 heterocycles. The molecule has 8 aromatic carbocycles. The van der Waals surface area contributed by atoms with E-state index in [-0.39, 0.29) is 15.4 Å². The van der Waals surface area contributed by atoms with Gasteiger partial charge in [-0.3, -0.25) is 0 Å². The fourth-order valence-electron chi connectivity index (χ4n) is 11.8. The SMILES string of the molecule is CCCCCCc1ccc2c(c1)c1c(c3c4cc(CCCCCC)ccc4n(-c4ccc(S(=O)(=O)c5ccccc5C#N)cc4)c3c3c4cc(CCCCCC)ccc4n(-c4ccccc4)c13)n2-c1ccccc1. The Morgan fingerprint density at radius 2 is 0.770 bits per heavy atom. The number of para-hydroxylation sites is 2. The summed E-state index contributed by atoms with van der Waals surface area (Å²) in [6.45, 7) is 6.82. The van der Waals surface area contributed by atoms with Crippen LogP contribution in [0.2, 0.25) is 0 Å².